The first-order chi connectivity index (χ1) is 12.8. The molecule has 3 N–H and O–H groups in total. The number of carbonyl (C=O) groups is 3. The van der Waals surface area contributed by atoms with E-state index in [-0.39, 0.29) is 29.7 Å². The van der Waals surface area contributed by atoms with Crippen molar-refractivity contribution in [3.63, 3.8) is 0 Å². The number of anilines is 1. The second-order valence-electron chi connectivity index (χ2n) is 5.89. The Hall–Kier alpha value is -2.58. The molecular formula is C17H19Cl2N5O3. The maximum atomic E-state index is 12.0. The summed E-state index contributed by atoms with van der Waals surface area (Å²) >= 11 is 11.7. The molecule has 1 heterocycles. The van der Waals surface area contributed by atoms with Crippen LogP contribution < -0.4 is 16.0 Å². The maximum Gasteiger partial charge on any atom is 0.253 e. The van der Waals surface area contributed by atoms with Gasteiger partial charge in [0.05, 0.1) is 29.9 Å². The van der Waals surface area contributed by atoms with Crippen molar-refractivity contribution >= 4 is 46.7 Å². The molecule has 2 rings (SSSR count). The molecule has 3 amide bonds. The lowest BCUT2D eigenvalue weighted by atomic mass is 10.2. The number of benzene rings is 1. The van der Waals surface area contributed by atoms with Gasteiger partial charge in [0.2, 0.25) is 11.8 Å². The number of hydrogen-bond donors (Lipinski definition) is 3. The molecule has 0 aliphatic heterocycles. The van der Waals surface area contributed by atoms with Gasteiger partial charge in [0, 0.05) is 17.1 Å². The zero-order chi connectivity index (χ0) is 20.0. The highest BCUT2D eigenvalue weighted by molar-refractivity contribution is 6.36. The highest BCUT2D eigenvalue weighted by atomic mass is 35.5. The van der Waals surface area contributed by atoms with Gasteiger partial charge in [0.1, 0.15) is 5.82 Å². The van der Waals surface area contributed by atoms with Crippen LogP contribution >= 0.6 is 23.2 Å². The second-order valence-corrected chi connectivity index (χ2v) is 6.73. The van der Waals surface area contributed by atoms with Gasteiger partial charge in [-0.05, 0) is 32.0 Å². The van der Waals surface area contributed by atoms with Gasteiger partial charge in [0.15, 0.2) is 0 Å². The zero-order valence-electron chi connectivity index (χ0n) is 14.8. The van der Waals surface area contributed by atoms with Crippen LogP contribution in [0.15, 0.2) is 30.5 Å². The molecule has 1 aromatic carbocycles. The first-order valence-corrected chi connectivity index (χ1v) is 8.87. The maximum absolute atomic E-state index is 12.0. The Morgan fingerprint density at radius 2 is 1.78 bits per heavy atom. The number of amides is 3. The molecule has 0 spiro atoms. The minimum absolute atomic E-state index is 0.0831. The first kappa shape index (κ1) is 20.7. The molecule has 0 saturated carbocycles. The zero-order valence-corrected chi connectivity index (χ0v) is 16.3. The Bertz CT molecular complexity index is 851. The van der Waals surface area contributed by atoms with Crippen molar-refractivity contribution < 1.29 is 14.4 Å². The Kier molecular flexibility index (Phi) is 7.20. The van der Waals surface area contributed by atoms with Crippen molar-refractivity contribution in [2.45, 2.75) is 19.9 Å². The molecule has 8 nitrogen and oxygen atoms in total. The molecule has 1 aromatic heterocycles. The van der Waals surface area contributed by atoms with Crippen molar-refractivity contribution in [2.24, 2.45) is 0 Å². The molecule has 144 valence electrons. The lowest BCUT2D eigenvalue weighted by Crippen LogP contribution is -2.40. The van der Waals surface area contributed by atoms with E-state index in [9.17, 15) is 14.4 Å². The molecule has 10 heteroatoms. The summed E-state index contributed by atoms with van der Waals surface area (Å²) in [6.07, 6.45) is 1.58. The van der Waals surface area contributed by atoms with Gasteiger partial charge in [-0.15, -0.1) is 0 Å². The summed E-state index contributed by atoms with van der Waals surface area (Å²) in [6, 6.07) is 6.16. The van der Waals surface area contributed by atoms with Gasteiger partial charge in [-0.1, -0.05) is 23.2 Å². The van der Waals surface area contributed by atoms with E-state index in [2.05, 4.69) is 21.0 Å². The topological polar surface area (TPSA) is 105 Å². The Labute approximate surface area is 166 Å². The first-order valence-electron chi connectivity index (χ1n) is 8.11. The monoisotopic (exact) mass is 411 g/mol. The van der Waals surface area contributed by atoms with Crippen molar-refractivity contribution in [1.29, 1.82) is 0 Å². The summed E-state index contributed by atoms with van der Waals surface area (Å²) in [6.45, 7) is 3.33. The Balaban J connectivity index is 1.78. The van der Waals surface area contributed by atoms with Crippen LogP contribution in [0.2, 0.25) is 10.0 Å². The minimum atomic E-state index is -0.517. The van der Waals surface area contributed by atoms with Gasteiger partial charge in [0.25, 0.3) is 5.91 Å². The summed E-state index contributed by atoms with van der Waals surface area (Å²) in [7, 11) is 0. The number of nitrogens with one attached hydrogen (secondary N) is 3. The van der Waals surface area contributed by atoms with Gasteiger partial charge in [-0.3, -0.25) is 14.4 Å². The smallest absolute Gasteiger partial charge is 0.253 e. The van der Waals surface area contributed by atoms with Crippen molar-refractivity contribution in [3.8, 4) is 0 Å². The van der Waals surface area contributed by atoms with E-state index < -0.39 is 17.7 Å². The number of halogens is 2. The molecule has 0 fully saturated rings. The largest absolute Gasteiger partial charge is 0.345 e. The van der Waals surface area contributed by atoms with Gasteiger partial charge < -0.3 is 16.0 Å². The summed E-state index contributed by atoms with van der Waals surface area (Å²) in [4.78, 5) is 35.8. The average molecular weight is 412 g/mol. The standard InChI is InChI=1S/C17H19Cl2N5O3/c1-10(2)24-14(5-6-22-24)23-16(26)9-20-15(25)8-21-17(27)12-4-3-11(18)7-13(12)19/h3-7,10H,8-9H2,1-2H3,(H,20,25)(H,21,27)(H,23,26). The fourth-order valence-corrected chi connectivity index (χ4v) is 2.68. The molecule has 0 aliphatic carbocycles. The summed E-state index contributed by atoms with van der Waals surface area (Å²) in [5.74, 6) is -0.897. The molecule has 27 heavy (non-hydrogen) atoms. The quantitative estimate of drug-likeness (QED) is 0.649. The lowest BCUT2D eigenvalue weighted by Gasteiger charge is -2.12. The fourth-order valence-electron chi connectivity index (χ4n) is 2.18. The van der Waals surface area contributed by atoms with E-state index in [1.165, 1.54) is 18.2 Å². The number of carbonyl (C=O) groups excluding carboxylic acids is 3. The van der Waals surface area contributed by atoms with Crippen molar-refractivity contribution in [1.82, 2.24) is 20.4 Å². The Morgan fingerprint density at radius 3 is 2.44 bits per heavy atom. The van der Waals surface area contributed by atoms with Gasteiger partial charge >= 0.3 is 0 Å². The van der Waals surface area contributed by atoms with Crippen LogP contribution in [0, 0.1) is 0 Å². The van der Waals surface area contributed by atoms with E-state index in [1.54, 1.807) is 16.9 Å². The highest BCUT2D eigenvalue weighted by Crippen LogP contribution is 2.20. The third-order valence-corrected chi connectivity index (χ3v) is 4.01. The molecule has 2 aromatic rings. The summed E-state index contributed by atoms with van der Waals surface area (Å²) < 4.78 is 1.65. The molecule has 0 unspecified atom stereocenters. The van der Waals surface area contributed by atoms with Crippen molar-refractivity contribution in [3.05, 3.63) is 46.1 Å². The van der Waals surface area contributed by atoms with Crippen LogP contribution in [0.3, 0.4) is 0 Å². The van der Waals surface area contributed by atoms with Crippen LogP contribution in [0.1, 0.15) is 30.2 Å². The molecular weight excluding hydrogens is 393 g/mol. The predicted octanol–water partition coefficient (Wildman–Crippen LogP) is 2.26. The molecule has 0 atom stereocenters. The van der Waals surface area contributed by atoms with Crippen LogP contribution in [0.4, 0.5) is 5.82 Å². The highest BCUT2D eigenvalue weighted by Gasteiger charge is 2.13. The lowest BCUT2D eigenvalue weighted by molar-refractivity contribution is -0.123. The van der Waals surface area contributed by atoms with Crippen LogP contribution in [0.5, 0.6) is 0 Å². The van der Waals surface area contributed by atoms with Gasteiger partial charge in [-0.25, -0.2) is 4.68 Å². The number of rotatable bonds is 7. The number of hydrogen-bond acceptors (Lipinski definition) is 4. The van der Waals surface area contributed by atoms with Gasteiger partial charge in [-0.2, -0.15) is 5.10 Å². The molecule has 0 saturated heterocycles. The van der Waals surface area contributed by atoms with Crippen LogP contribution in [0.25, 0.3) is 0 Å². The van der Waals surface area contributed by atoms with Crippen LogP contribution in [-0.2, 0) is 9.59 Å². The van der Waals surface area contributed by atoms with E-state index >= 15 is 0 Å². The fraction of sp³-hybridized carbons (Fsp3) is 0.294. The number of aromatic nitrogens is 2. The third kappa shape index (κ3) is 5.97. The second kappa shape index (κ2) is 9.38. The molecule has 0 aliphatic rings. The Morgan fingerprint density at radius 1 is 1.07 bits per heavy atom. The summed E-state index contributed by atoms with van der Waals surface area (Å²) in [5.41, 5.74) is 0.202. The molecule has 0 bridgehead atoms. The van der Waals surface area contributed by atoms with E-state index in [1.807, 2.05) is 13.8 Å². The van der Waals surface area contributed by atoms with E-state index in [0.29, 0.717) is 10.8 Å². The van der Waals surface area contributed by atoms with E-state index in [0.717, 1.165) is 0 Å². The van der Waals surface area contributed by atoms with Crippen molar-refractivity contribution in [2.75, 3.05) is 18.4 Å². The normalized spacial score (nSPS) is 10.6. The SMILES string of the molecule is CC(C)n1nccc1NC(=O)CNC(=O)CNC(=O)c1ccc(Cl)cc1Cl. The van der Waals surface area contributed by atoms with Crippen LogP contribution in [-0.4, -0.2) is 40.6 Å². The predicted molar refractivity (Wildman–Crippen MR) is 103 cm³/mol. The van der Waals surface area contributed by atoms with E-state index in [4.69, 9.17) is 23.2 Å². The third-order valence-electron chi connectivity index (χ3n) is 3.46. The summed E-state index contributed by atoms with van der Waals surface area (Å²) in [5, 5.41) is 12.2. The minimum Gasteiger partial charge on any atom is -0.345 e. The number of nitrogens with zero attached hydrogens (tertiary/aromatic N) is 2. The molecule has 0 radical (unpaired) electrons. The average Bonchev–Trinajstić information content (AvgIpc) is 3.06.